The van der Waals surface area contributed by atoms with Gasteiger partial charge >= 0.3 is 5.56 Å². The highest BCUT2D eigenvalue weighted by atomic mass is 32.2. The van der Waals surface area contributed by atoms with Crippen molar-refractivity contribution >= 4 is 34.7 Å². The minimum absolute atomic E-state index is 0.104. The third kappa shape index (κ3) is 3.96. The minimum Gasteiger partial charge on any atom is -0.495 e. The topological polar surface area (TPSA) is 90.5 Å². The molecule has 1 aromatic carbocycles. The second-order valence-electron chi connectivity index (χ2n) is 6.38. The van der Waals surface area contributed by atoms with Crippen LogP contribution in [-0.4, -0.2) is 37.4 Å². The largest absolute Gasteiger partial charge is 0.495 e. The molecule has 1 N–H and O–H groups in total. The fourth-order valence-electron chi connectivity index (χ4n) is 2.91. The second-order valence-corrected chi connectivity index (χ2v) is 8.72. The molecule has 10 heteroatoms. The van der Waals surface area contributed by atoms with Crippen LogP contribution in [0.5, 0.6) is 5.75 Å². The van der Waals surface area contributed by atoms with Crippen LogP contribution in [0.2, 0.25) is 0 Å². The number of nitrogens with zero attached hydrogens (tertiary/aromatic N) is 4. The molecule has 154 valence electrons. The van der Waals surface area contributed by atoms with Crippen molar-refractivity contribution in [3.63, 3.8) is 0 Å². The number of thioether (sulfide) groups is 1. The van der Waals surface area contributed by atoms with Gasteiger partial charge < -0.3 is 10.1 Å². The third-order valence-electron chi connectivity index (χ3n) is 4.45. The van der Waals surface area contributed by atoms with Crippen molar-refractivity contribution in [3.8, 4) is 11.4 Å². The van der Waals surface area contributed by atoms with Crippen LogP contribution >= 0.6 is 23.1 Å². The lowest BCUT2D eigenvalue weighted by atomic mass is 10.3. The van der Waals surface area contributed by atoms with Gasteiger partial charge in [-0.15, -0.1) is 21.5 Å². The van der Waals surface area contributed by atoms with Crippen LogP contribution in [0, 0.1) is 0 Å². The zero-order chi connectivity index (χ0) is 21.1. The Balaban J connectivity index is 1.55. The smallest absolute Gasteiger partial charge is 0.300 e. The number of nitrogens with one attached hydrogen (secondary N) is 1. The lowest BCUT2D eigenvalue weighted by Crippen LogP contribution is -2.30. The number of hydrogen-bond acceptors (Lipinski definition) is 7. The fraction of sp³-hybridized carbons (Fsp3) is 0.200. The van der Waals surface area contributed by atoms with E-state index in [-0.39, 0.29) is 17.1 Å². The molecule has 3 heterocycles. The number of aromatic nitrogens is 4. The first kappa shape index (κ1) is 20.2. The lowest BCUT2D eigenvalue weighted by Gasteiger charge is -2.12. The van der Waals surface area contributed by atoms with Gasteiger partial charge in [0.2, 0.25) is 11.6 Å². The molecule has 0 saturated carbocycles. The Morgan fingerprint density at radius 1 is 1.23 bits per heavy atom. The summed E-state index contributed by atoms with van der Waals surface area (Å²) in [7, 11) is 1.55. The number of thiophene rings is 1. The van der Waals surface area contributed by atoms with Gasteiger partial charge in [-0.2, -0.15) is 0 Å². The quantitative estimate of drug-likeness (QED) is 0.444. The molecule has 0 spiro atoms. The fourth-order valence-corrected chi connectivity index (χ4v) is 4.41. The molecule has 0 fully saturated rings. The molecule has 8 nitrogen and oxygen atoms in total. The van der Waals surface area contributed by atoms with Crippen LogP contribution in [0.15, 0.2) is 64.1 Å². The molecule has 0 saturated heterocycles. The summed E-state index contributed by atoms with van der Waals surface area (Å²) in [5.41, 5.74) is 0.472. The number of fused-ring (bicyclic) bond motifs is 1. The van der Waals surface area contributed by atoms with E-state index in [0.717, 1.165) is 4.88 Å². The van der Waals surface area contributed by atoms with Gasteiger partial charge in [0.1, 0.15) is 5.75 Å². The van der Waals surface area contributed by atoms with Gasteiger partial charge in [-0.1, -0.05) is 30.0 Å². The van der Waals surface area contributed by atoms with Gasteiger partial charge in [-0.3, -0.25) is 18.6 Å². The van der Waals surface area contributed by atoms with E-state index in [9.17, 15) is 9.59 Å². The Hall–Kier alpha value is -3.11. The van der Waals surface area contributed by atoms with E-state index in [1.807, 2.05) is 29.6 Å². The van der Waals surface area contributed by atoms with Crippen molar-refractivity contribution in [2.45, 2.75) is 23.9 Å². The summed E-state index contributed by atoms with van der Waals surface area (Å²) in [5, 5.41) is 13.1. The Morgan fingerprint density at radius 3 is 2.83 bits per heavy atom. The average molecular weight is 442 g/mol. The SMILES string of the molecule is COc1ccccc1-n1ccn2c(S[C@@H](C)C(=O)NCc3cccs3)nnc2c1=O. The Kier molecular flexibility index (Phi) is 5.86. The van der Waals surface area contributed by atoms with Crippen molar-refractivity contribution in [3.05, 3.63) is 69.4 Å². The molecule has 0 aliphatic rings. The number of carbonyl (C=O) groups excluding carboxylic acids is 1. The number of amides is 1. The first-order valence-corrected chi connectivity index (χ1v) is 10.9. The highest BCUT2D eigenvalue weighted by Gasteiger charge is 2.19. The van der Waals surface area contributed by atoms with E-state index >= 15 is 0 Å². The summed E-state index contributed by atoms with van der Waals surface area (Å²) >= 11 is 2.84. The standard InChI is InChI=1S/C20H19N5O3S2/c1-13(18(26)21-12-14-6-5-11-29-14)30-20-23-22-17-19(27)24(9-10-25(17)20)15-7-3-4-8-16(15)28-2/h3-11,13H,12H2,1-2H3,(H,21,26)/t13-/m0/s1. The number of hydrogen-bond donors (Lipinski definition) is 1. The molecule has 0 unspecified atom stereocenters. The minimum atomic E-state index is -0.394. The maximum atomic E-state index is 13.0. The summed E-state index contributed by atoms with van der Waals surface area (Å²) in [5.74, 6) is 0.474. The lowest BCUT2D eigenvalue weighted by molar-refractivity contribution is -0.120. The molecular weight excluding hydrogens is 422 g/mol. The van der Waals surface area contributed by atoms with Crippen molar-refractivity contribution in [1.29, 1.82) is 0 Å². The second kappa shape index (κ2) is 8.72. The highest BCUT2D eigenvalue weighted by Crippen LogP contribution is 2.23. The van der Waals surface area contributed by atoms with Gasteiger partial charge in [-0.25, -0.2) is 0 Å². The van der Waals surface area contributed by atoms with Crippen LogP contribution < -0.4 is 15.6 Å². The first-order valence-electron chi connectivity index (χ1n) is 9.15. The molecule has 3 aromatic heterocycles. The maximum Gasteiger partial charge on any atom is 0.300 e. The zero-order valence-electron chi connectivity index (χ0n) is 16.3. The predicted molar refractivity (Wildman–Crippen MR) is 117 cm³/mol. The van der Waals surface area contributed by atoms with E-state index in [0.29, 0.717) is 23.1 Å². The van der Waals surface area contributed by atoms with Gasteiger partial charge in [-0.05, 0) is 30.5 Å². The Morgan fingerprint density at radius 2 is 2.07 bits per heavy atom. The van der Waals surface area contributed by atoms with Gasteiger partial charge in [0.05, 0.1) is 24.6 Å². The molecule has 1 atom stereocenters. The number of para-hydroxylation sites is 2. The first-order chi connectivity index (χ1) is 14.6. The normalized spacial score (nSPS) is 12.1. The summed E-state index contributed by atoms with van der Waals surface area (Å²) in [6.07, 6.45) is 3.35. The summed E-state index contributed by atoms with van der Waals surface area (Å²) in [4.78, 5) is 26.5. The van der Waals surface area contributed by atoms with Gasteiger partial charge in [0, 0.05) is 17.3 Å². The molecule has 0 aliphatic carbocycles. The van der Waals surface area contributed by atoms with E-state index < -0.39 is 5.25 Å². The van der Waals surface area contributed by atoms with Crippen molar-refractivity contribution < 1.29 is 9.53 Å². The Bertz CT molecular complexity index is 1230. The maximum absolute atomic E-state index is 13.0. The van der Waals surface area contributed by atoms with Crippen molar-refractivity contribution in [2.75, 3.05) is 7.11 Å². The Labute approximate surface area is 180 Å². The van der Waals surface area contributed by atoms with Crippen LogP contribution in [-0.2, 0) is 11.3 Å². The van der Waals surface area contributed by atoms with Crippen LogP contribution in [0.3, 0.4) is 0 Å². The molecule has 0 radical (unpaired) electrons. The van der Waals surface area contributed by atoms with Crippen molar-refractivity contribution in [2.24, 2.45) is 0 Å². The third-order valence-corrected chi connectivity index (χ3v) is 6.39. The van der Waals surface area contributed by atoms with Gasteiger partial charge in [0.25, 0.3) is 0 Å². The van der Waals surface area contributed by atoms with E-state index in [1.165, 1.54) is 16.3 Å². The number of ether oxygens (including phenoxy) is 1. The predicted octanol–water partition coefficient (Wildman–Crippen LogP) is 2.75. The highest BCUT2D eigenvalue weighted by molar-refractivity contribution is 8.00. The molecule has 4 rings (SSSR count). The van der Waals surface area contributed by atoms with Crippen LogP contribution in [0.1, 0.15) is 11.8 Å². The molecule has 1 amide bonds. The summed E-state index contributed by atoms with van der Waals surface area (Å²) < 4.78 is 8.42. The van der Waals surface area contributed by atoms with E-state index in [1.54, 1.807) is 54.3 Å². The van der Waals surface area contributed by atoms with Crippen LogP contribution in [0.4, 0.5) is 0 Å². The monoisotopic (exact) mass is 441 g/mol. The summed E-state index contributed by atoms with van der Waals surface area (Å²) in [6, 6.07) is 11.2. The molecule has 0 bridgehead atoms. The molecule has 4 aromatic rings. The zero-order valence-corrected chi connectivity index (χ0v) is 17.9. The van der Waals surface area contributed by atoms with E-state index in [4.69, 9.17) is 4.74 Å². The van der Waals surface area contributed by atoms with Crippen molar-refractivity contribution in [1.82, 2.24) is 24.5 Å². The van der Waals surface area contributed by atoms with Gasteiger partial charge in [0.15, 0.2) is 5.16 Å². The molecule has 30 heavy (non-hydrogen) atoms. The molecule has 0 aliphatic heterocycles. The summed E-state index contributed by atoms with van der Waals surface area (Å²) in [6.45, 7) is 2.29. The van der Waals surface area contributed by atoms with E-state index in [2.05, 4.69) is 15.5 Å². The number of methoxy groups -OCH3 is 1. The number of rotatable bonds is 7. The number of benzene rings is 1. The van der Waals surface area contributed by atoms with Crippen LogP contribution in [0.25, 0.3) is 11.3 Å². The number of carbonyl (C=O) groups is 1. The molecular formula is C20H19N5O3S2. The average Bonchev–Trinajstić information content (AvgIpc) is 3.43.